The highest BCUT2D eigenvalue weighted by molar-refractivity contribution is 6.03. The van der Waals surface area contributed by atoms with Crippen molar-refractivity contribution >= 4 is 23.5 Å². The number of fused-ring (bicyclic) bond motifs is 2. The zero-order valence-corrected chi connectivity index (χ0v) is 14.4. The number of ether oxygens (including phenoxy) is 1. The summed E-state index contributed by atoms with van der Waals surface area (Å²) in [5, 5.41) is 13.5. The van der Waals surface area contributed by atoms with Gasteiger partial charge in [-0.3, -0.25) is 14.4 Å². The quantitative estimate of drug-likeness (QED) is 0.418. The number of carbonyl (C=O) groups excluding carboxylic acids is 3. The number of aryl methyl sites for hydroxylation is 1. The van der Waals surface area contributed by atoms with Crippen molar-refractivity contribution in [3.8, 4) is 5.75 Å². The van der Waals surface area contributed by atoms with Crippen molar-refractivity contribution in [1.82, 2.24) is 4.90 Å². The van der Waals surface area contributed by atoms with Crippen molar-refractivity contribution in [3.63, 3.8) is 0 Å². The van der Waals surface area contributed by atoms with Crippen LogP contribution in [0.5, 0.6) is 5.75 Å². The van der Waals surface area contributed by atoms with Crippen molar-refractivity contribution in [2.24, 2.45) is 5.73 Å². The summed E-state index contributed by atoms with van der Waals surface area (Å²) in [5.74, 6) is -1.23. The van der Waals surface area contributed by atoms with Crippen LogP contribution in [-0.2, 0) is 9.59 Å². The van der Waals surface area contributed by atoms with Crippen molar-refractivity contribution in [2.45, 2.75) is 32.5 Å². The van der Waals surface area contributed by atoms with Crippen LogP contribution < -0.4 is 15.8 Å². The average molecular weight is 357 g/mol. The number of allylic oxidation sites excluding steroid dienone is 1. The number of esters is 1. The number of nitrogens with two attached hydrogens (primary N) is 1. The number of primary amides is 1. The first-order valence-electron chi connectivity index (χ1n) is 8.05. The molecular weight excluding hydrogens is 338 g/mol. The summed E-state index contributed by atoms with van der Waals surface area (Å²) >= 11 is 0. The number of carbonyl (C=O) groups is 3. The molecule has 0 aromatic heterocycles. The number of anilines is 1. The van der Waals surface area contributed by atoms with E-state index in [9.17, 15) is 19.5 Å². The van der Waals surface area contributed by atoms with E-state index in [1.807, 2.05) is 0 Å². The van der Waals surface area contributed by atoms with Crippen LogP contribution in [0.3, 0.4) is 0 Å². The molecule has 0 saturated carbocycles. The summed E-state index contributed by atoms with van der Waals surface area (Å²) in [4.78, 5) is 36.7. The predicted molar refractivity (Wildman–Crippen MR) is 93.1 cm³/mol. The van der Waals surface area contributed by atoms with Gasteiger partial charge in [0.1, 0.15) is 6.23 Å². The van der Waals surface area contributed by atoms with Crippen LogP contribution >= 0.6 is 0 Å². The molecule has 0 spiro atoms. The molecule has 26 heavy (non-hydrogen) atoms. The standard InChI is InChI=1S/C18H19N3O5/c1-9-3-5-12-15(16(9)26-10(2)22)20-17(24)13-7-11(4-6-14(19)23)8-21(13)18(12)25/h3-6,8,13,17,20,24H,7H2,1-2H3,(H2,19,23). The number of hydrogen-bond acceptors (Lipinski definition) is 6. The number of rotatable bonds is 3. The van der Waals surface area contributed by atoms with Gasteiger partial charge in [0.05, 0.1) is 17.3 Å². The maximum absolute atomic E-state index is 13.0. The van der Waals surface area contributed by atoms with Crippen LogP contribution in [0.2, 0.25) is 0 Å². The van der Waals surface area contributed by atoms with Crippen LogP contribution in [0.1, 0.15) is 29.3 Å². The van der Waals surface area contributed by atoms with Crippen molar-refractivity contribution in [1.29, 1.82) is 0 Å². The van der Waals surface area contributed by atoms with E-state index in [4.69, 9.17) is 10.5 Å². The number of aliphatic hydroxyl groups is 1. The van der Waals surface area contributed by atoms with Gasteiger partial charge in [-0.15, -0.1) is 0 Å². The molecule has 8 nitrogen and oxygen atoms in total. The van der Waals surface area contributed by atoms with Gasteiger partial charge in [0.2, 0.25) is 5.91 Å². The van der Waals surface area contributed by atoms with Gasteiger partial charge in [0.25, 0.3) is 5.91 Å². The third-order valence-electron chi connectivity index (χ3n) is 4.29. The van der Waals surface area contributed by atoms with Gasteiger partial charge in [0, 0.05) is 19.2 Å². The molecule has 4 N–H and O–H groups in total. The second kappa shape index (κ2) is 6.64. The molecule has 3 rings (SSSR count). The smallest absolute Gasteiger partial charge is 0.308 e. The van der Waals surface area contributed by atoms with Crippen molar-refractivity contribution < 1.29 is 24.2 Å². The van der Waals surface area contributed by atoms with Gasteiger partial charge in [-0.25, -0.2) is 0 Å². The molecule has 2 heterocycles. The molecular formula is C18H19N3O5. The van der Waals surface area contributed by atoms with E-state index < -0.39 is 24.1 Å². The Balaban J connectivity index is 2.03. The Labute approximate surface area is 149 Å². The summed E-state index contributed by atoms with van der Waals surface area (Å²) in [5.41, 5.74) is 7.02. The molecule has 0 bridgehead atoms. The lowest BCUT2D eigenvalue weighted by Crippen LogP contribution is -2.42. The summed E-state index contributed by atoms with van der Waals surface area (Å²) < 4.78 is 5.24. The van der Waals surface area contributed by atoms with E-state index in [1.165, 1.54) is 24.0 Å². The summed E-state index contributed by atoms with van der Waals surface area (Å²) in [6, 6.07) is 2.73. The first-order valence-corrected chi connectivity index (χ1v) is 8.05. The Morgan fingerprint density at radius 1 is 1.42 bits per heavy atom. The maximum Gasteiger partial charge on any atom is 0.308 e. The van der Waals surface area contributed by atoms with Crippen LogP contribution in [0.4, 0.5) is 5.69 Å². The summed E-state index contributed by atoms with van der Waals surface area (Å²) in [6.45, 7) is 3.02. The molecule has 0 radical (unpaired) electrons. The summed E-state index contributed by atoms with van der Waals surface area (Å²) in [6.07, 6.45) is 3.57. The lowest BCUT2D eigenvalue weighted by atomic mass is 10.1. The van der Waals surface area contributed by atoms with Gasteiger partial charge >= 0.3 is 5.97 Å². The molecule has 0 fully saturated rings. The highest BCUT2D eigenvalue weighted by atomic mass is 16.5. The first kappa shape index (κ1) is 17.7. The molecule has 2 amide bonds. The Kier molecular flexibility index (Phi) is 4.52. The Hall–Kier alpha value is -3.13. The summed E-state index contributed by atoms with van der Waals surface area (Å²) in [7, 11) is 0. The molecule has 0 aliphatic carbocycles. The molecule has 2 unspecified atom stereocenters. The Bertz CT molecular complexity index is 859. The molecule has 2 atom stereocenters. The topological polar surface area (TPSA) is 122 Å². The van der Waals surface area contributed by atoms with Gasteiger partial charge in [0.15, 0.2) is 5.75 Å². The second-order valence-corrected chi connectivity index (χ2v) is 6.24. The number of aliphatic hydroxyl groups excluding tert-OH is 1. The molecule has 8 heteroatoms. The lowest BCUT2D eigenvalue weighted by molar-refractivity contribution is -0.131. The van der Waals surface area contributed by atoms with Gasteiger partial charge < -0.3 is 25.8 Å². The minimum absolute atomic E-state index is 0.224. The highest BCUT2D eigenvalue weighted by Gasteiger charge is 2.39. The number of hydrogen-bond donors (Lipinski definition) is 3. The largest absolute Gasteiger partial charge is 0.424 e. The van der Waals surface area contributed by atoms with Crippen LogP contribution in [-0.4, -0.2) is 40.1 Å². The monoisotopic (exact) mass is 357 g/mol. The Morgan fingerprint density at radius 3 is 2.81 bits per heavy atom. The van der Waals surface area contributed by atoms with Crippen LogP contribution in [0, 0.1) is 6.92 Å². The van der Waals surface area contributed by atoms with E-state index in [-0.39, 0.29) is 22.9 Å². The van der Waals surface area contributed by atoms with E-state index >= 15 is 0 Å². The molecule has 1 aromatic rings. The first-order chi connectivity index (χ1) is 12.3. The van der Waals surface area contributed by atoms with Crippen LogP contribution in [0.15, 0.2) is 36.1 Å². The zero-order chi connectivity index (χ0) is 19.0. The van der Waals surface area contributed by atoms with Gasteiger partial charge in [-0.1, -0.05) is 12.1 Å². The molecule has 1 aromatic carbocycles. The number of amides is 2. The fourth-order valence-electron chi connectivity index (χ4n) is 3.11. The number of benzene rings is 1. The third-order valence-corrected chi connectivity index (χ3v) is 4.29. The molecule has 2 aliphatic rings. The SMILES string of the molecule is CC(=O)Oc1c(C)ccc2c1NC(O)C1CC(C=CC(N)=O)=CN1C2=O. The van der Waals surface area contributed by atoms with Gasteiger partial charge in [-0.05, 0) is 30.5 Å². The third kappa shape index (κ3) is 3.18. The fraction of sp³-hybridized carbons (Fsp3) is 0.278. The number of nitrogens with zero attached hydrogens (tertiary/aromatic N) is 1. The van der Waals surface area contributed by atoms with E-state index in [0.717, 1.165) is 0 Å². The van der Waals surface area contributed by atoms with Crippen LogP contribution in [0.25, 0.3) is 0 Å². The van der Waals surface area contributed by atoms with Gasteiger partial charge in [-0.2, -0.15) is 0 Å². The molecule has 136 valence electrons. The normalized spacial score (nSPS) is 21.6. The van der Waals surface area contributed by atoms with Crippen molar-refractivity contribution in [2.75, 3.05) is 5.32 Å². The van der Waals surface area contributed by atoms with Crippen molar-refractivity contribution in [3.05, 3.63) is 47.2 Å². The fourth-order valence-corrected chi connectivity index (χ4v) is 3.11. The highest BCUT2D eigenvalue weighted by Crippen LogP contribution is 2.39. The number of nitrogens with one attached hydrogen (secondary N) is 1. The zero-order valence-electron chi connectivity index (χ0n) is 14.4. The van der Waals surface area contributed by atoms with E-state index in [0.29, 0.717) is 17.6 Å². The predicted octanol–water partition coefficient (Wildman–Crippen LogP) is 0.804. The Morgan fingerprint density at radius 2 is 2.15 bits per heavy atom. The minimum Gasteiger partial charge on any atom is -0.424 e. The van der Waals surface area contributed by atoms with E-state index in [1.54, 1.807) is 25.3 Å². The molecule has 0 saturated heterocycles. The maximum atomic E-state index is 13.0. The second-order valence-electron chi connectivity index (χ2n) is 6.24. The lowest BCUT2D eigenvalue weighted by Gasteiger charge is -2.25. The average Bonchev–Trinajstić information content (AvgIpc) is 2.96. The molecule has 2 aliphatic heterocycles. The van der Waals surface area contributed by atoms with E-state index in [2.05, 4.69) is 5.32 Å². The minimum atomic E-state index is -1.09.